The van der Waals surface area contributed by atoms with Crippen molar-refractivity contribution < 1.29 is 4.79 Å². The van der Waals surface area contributed by atoms with Crippen LogP contribution in [-0.2, 0) is 4.79 Å². The van der Waals surface area contributed by atoms with Gasteiger partial charge in [0.25, 0.3) is 0 Å². The molecular weight excluding hydrogens is 256 g/mol. The molecule has 1 N–H and O–H groups in total. The van der Waals surface area contributed by atoms with Crippen molar-refractivity contribution in [3.05, 3.63) is 30.3 Å². The number of thioether (sulfide) groups is 1. The van der Waals surface area contributed by atoms with Crippen molar-refractivity contribution in [3.8, 4) is 0 Å². The van der Waals surface area contributed by atoms with E-state index in [1.165, 1.54) is 0 Å². The number of hydrogen-bond donors (Lipinski definition) is 1. The lowest BCUT2D eigenvalue weighted by Gasteiger charge is -2.38. The standard InChI is InChI=1S/C15H24N2OS/c1-5-17(6-2)15(3,12-19-4)14(18)16-13-10-8-7-9-11-13/h7-11H,5-6,12H2,1-4H3,(H,16,18). The van der Waals surface area contributed by atoms with E-state index < -0.39 is 5.54 Å². The van der Waals surface area contributed by atoms with E-state index in [0.29, 0.717) is 0 Å². The molecule has 4 heteroatoms. The van der Waals surface area contributed by atoms with Crippen LogP contribution in [-0.4, -0.2) is 41.4 Å². The van der Waals surface area contributed by atoms with Gasteiger partial charge in [0, 0.05) is 11.4 Å². The van der Waals surface area contributed by atoms with Gasteiger partial charge in [-0.05, 0) is 38.4 Å². The van der Waals surface area contributed by atoms with Gasteiger partial charge in [-0.3, -0.25) is 9.69 Å². The first-order valence-corrected chi connectivity index (χ1v) is 8.08. The highest BCUT2D eigenvalue weighted by atomic mass is 32.2. The Morgan fingerprint density at radius 1 is 1.26 bits per heavy atom. The van der Waals surface area contributed by atoms with Gasteiger partial charge >= 0.3 is 0 Å². The lowest BCUT2D eigenvalue weighted by atomic mass is 10.0. The number of hydrogen-bond acceptors (Lipinski definition) is 3. The van der Waals surface area contributed by atoms with Crippen LogP contribution >= 0.6 is 11.8 Å². The summed E-state index contributed by atoms with van der Waals surface area (Å²) in [5.41, 5.74) is 0.380. The Morgan fingerprint density at radius 2 is 1.84 bits per heavy atom. The molecule has 106 valence electrons. The molecule has 0 radical (unpaired) electrons. The summed E-state index contributed by atoms with van der Waals surface area (Å²) in [5, 5.41) is 3.02. The molecule has 0 aliphatic rings. The maximum atomic E-state index is 12.6. The van der Waals surface area contributed by atoms with E-state index in [4.69, 9.17) is 0 Å². The Hall–Kier alpha value is -1.00. The fourth-order valence-electron chi connectivity index (χ4n) is 2.29. The predicted molar refractivity (Wildman–Crippen MR) is 84.8 cm³/mol. The number of rotatable bonds is 7. The first-order valence-electron chi connectivity index (χ1n) is 6.69. The van der Waals surface area contributed by atoms with Crippen LogP contribution in [0.3, 0.4) is 0 Å². The number of amides is 1. The van der Waals surface area contributed by atoms with E-state index in [1.807, 2.05) is 43.5 Å². The third-order valence-corrected chi connectivity index (χ3v) is 4.26. The van der Waals surface area contributed by atoms with Crippen molar-refractivity contribution in [2.24, 2.45) is 0 Å². The molecule has 0 bridgehead atoms. The molecule has 0 spiro atoms. The zero-order chi connectivity index (χ0) is 14.3. The molecule has 0 saturated heterocycles. The number of benzene rings is 1. The molecule has 1 aromatic rings. The molecule has 0 aromatic heterocycles. The van der Waals surface area contributed by atoms with Crippen LogP contribution in [0.15, 0.2) is 30.3 Å². The van der Waals surface area contributed by atoms with Gasteiger partial charge in [0.1, 0.15) is 5.54 Å². The summed E-state index contributed by atoms with van der Waals surface area (Å²) in [7, 11) is 0. The molecule has 0 fully saturated rings. The fraction of sp³-hybridized carbons (Fsp3) is 0.533. The van der Waals surface area contributed by atoms with E-state index in [1.54, 1.807) is 11.8 Å². The molecular formula is C15H24N2OS. The molecule has 0 aliphatic carbocycles. The summed E-state index contributed by atoms with van der Waals surface area (Å²) >= 11 is 1.70. The first-order chi connectivity index (χ1) is 9.08. The number of carbonyl (C=O) groups excluding carboxylic acids is 1. The number of para-hydroxylation sites is 1. The Kier molecular flexibility index (Phi) is 6.38. The van der Waals surface area contributed by atoms with Gasteiger partial charge in [0.05, 0.1) is 0 Å². The molecule has 0 aliphatic heterocycles. The minimum absolute atomic E-state index is 0.0664. The highest BCUT2D eigenvalue weighted by molar-refractivity contribution is 7.98. The SMILES string of the molecule is CCN(CC)C(C)(CSC)C(=O)Nc1ccccc1. The molecule has 1 unspecified atom stereocenters. The number of nitrogens with zero attached hydrogens (tertiary/aromatic N) is 1. The van der Waals surface area contributed by atoms with E-state index in [-0.39, 0.29) is 5.91 Å². The van der Waals surface area contributed by atoms with Gasteiger partial charge in [-0.25, -0.2) is 0 Å². The van der Waals surface area contributed by atoms with Gasteiger partial charge in [0.2, 0.25) is 5.91 Å². The van der Waals surface area contributed by atoms with E-state index in [0.717, 1.165) is 24.5 Å². The van der Waals surface area contributed by atoms with Crippen molar-refractivity contribution in [1.29, 1.82) is 0 Å². The monoisotopic (exact) mass is 280 g/mol. The summed E-state index contributed by atoms with van der Waals surface area (Å²) < 4.78 is 0. The third-order valence-electron chi connectivity index (χ3n) is 3.41. The average Bonchev–Trinajstić information content (AvgIpc) is 2.41. The maximum absolute atomic E-state index is 12.6. The van der Waals surface area contributed by atoms with Crippen molar-refractivity contribution >= 4 is 23.4 Å². The van der Waals surface area contributed by atoms with Crippen LogP contribution in [0, 0.1) is 0 Å². The van der Waals surface area contributed by atoms with Gasteiger partial charge < -0.3 is 5.32 Å². The average molecular weight is 280 g/mol. The quantitative estimate of drug-likeness (QED) is 0.833. The van der Waals surface area contributed by atoms with Gasteiger partial charge in [-0.15, -0.1) is 0 Å². The number of nitrogens with one attached hydrogen (secondary N) is 1. The Labute approximate surface area is 120 Å². The smallest absolute Gasteiger partial charge is 0.245 e. The predicted octanol–water partition coefficient (Wildman–Crippen LogP) is 3.09. The molecule has 19 heavy (non-hydrogen) atoms. The van der Waals surface area contributed by atoms with E-state index >= 15 is 0 Å². The van der Waals surface area contributed by atoms with Crippen molar-refractivity contribution in [2.75, 3.05) is 30.4 Å². The highest BCUT2D eigenvalue weighted by Gasteiger charge is 2.37. The lowest BCUT2D eigenvalue weighted by Crippen LogP contribution is -2.56. The number of anilines is 1. The maximum Gasteiger partial charge on any atom is 0.245 e. The summed E-state index contributed by atoms with van der Waals surface area (Å²) in [4.78, 5) is 14.8. The zero-order valence-corrected chi connectivity index (χ0v) is 13.1. The number of likely N-dealkylation sites (N-methyl/N-ethyl adjacent to an activating group) is 1. The van der Waals surface area contributed by atoms with Crippen molar-refractivity contribution in [1.82, 2.24) is 4.90 Å². The van der Waals surface area contributed by atoms with Crippen LogP contribution < -0.4 is 5.32 Å². The van der Waals surface area contributed by atoms with Crippen molar-refractivity contribution in [3.63, 3.8) is 0 Å². The van der Waals surface area contributed by atoms with Crippen LogP contribution in [0.25, 0.3) is 0 Å². The molecule has 1 rings (SSSR count). The summed E-state index contributed by atoms with van der Waals surface area (Å²) in [5.74, 6) is 0.852. The Balaban J connectivity index is 2.89. The minimum atomic E-state index is -0.473. The molecule has 1 aromatic carbocycles. The van der Waals surface area contributed by atoms with E-state index in [9.17, 15) is 4.79 Å². The van der Waals surface area contributed by atoms with Crippen LogP contribution in [0.5, 0.6) is 0 Å². The normalized spacial score (nSPS) is 14.2. The number of carbonyl (C=O) groups is 1. The topological polar surface area (TPSA) is 32.3 Å². The molecule has 0 saturated carbocycles. The second-order valence-electron chi connectivity index (χ2n) is 4.70. The van der Waals surface area contributed by atoms with Gasteiger partial charge in [-0.2, -0.15) is 11.8 Å². The van der Waals surface area contributed by atoms with E-state index in [2.05, 4.69) is 24.1 Å². The second kappa shape index (κ2) is 7.56. The molecule has 0 heterocycles. The third kappa shape index (κ3) is 3.98. The summed E-state index contributed by atoms with van der Waals surface area (Å²) in [6.07, 6.45) is 2.04. The Morgan fingerprint density at radius 3 is 2.32 bits per heavy atom. The van der Waals surface area contributed by atoms with Gasteiger partial charge in [-0.1, -0.05) is 32.0 Å². The lowest BCUT2D eigenvalue weighted by molar-refractivity contribution is -0.125. The minimum Gasteiger partial charge on any atom is -0.324 e. The molecule has 3 nitrogen and oxygen atoms in total. The Bertz CT molecular complexity index is 392. The molecule has 1 amide bonds. The first kappa shape index (κ1) is 16.1. The second-order valence-corrected chi connectivity index (χ2v) is 5.57. The highest BCUT2D eigenvalue weighted by Crippen LogP contribution is 2.22. The van der Waals surface area contributed by atoms with Gasteiger partial charge in [0.15, 0.2) is 0 Å². The van der Waals surface area contributed by atoms with Crippen LogP contribution in [0.1, 0.15) is 20.8 Å². The fourth-order valence-corrected chi connectivity index (χ4v) is 3.17. The summed E-state index contributed by atoms with van der Waals surface area (Å²) in [6.45, 7) is 7.95. The van der Waals surface area contributed by atoms with Crippen LogP contribution in [0.2, 0.25) is 0 Å². The zero-order valence-electron chi connectivity index (χ0n) is 12.3. The summed E-state index contributed by atoms with van der Waals surface area (Å²) in [6, 6.07) is 9.64. The van der Waals surface area contributed by atoms with Crippen LogP contribution in [0.4, 0.5) is 5.69 Å². The largest absolute Gasteiger partial charge is 0.324 e. The molecule has 1 atom stereocenters. The van der Waals surface area contributed by atoms with Crippen molar-refractivity contribution in [2.45, 2.75) is 26.3 Å².